The van der Waals surface area contributed by atoms with Crippen molar-refractivity contribution in [1.29, 1.82) is 0 Å². The summed E-state index contributed by atoms with van der Waals surface area (Å²) in [5, 5.41) is 8.88. The van der Waals surface area contributed by atoms with Gasteiger partial charge in [-0.15, -0.1) is 11.8 Å². The molecule has 0 aromatic heterocycles. The minimum absolute atomic E-state index is 0.0456. The van der Waals surface area contributed by atoms with Gasteiger partial charge < -0.3 is 9.84 Å². The lowest BCUT2D eigenvalue weighted by atomic mass is 10.1. The predicted molar refractivity (Wildman–Crippen MR) is 54.4 cm³/mol. The number of thioether (sulfide) groups is 1. The summed E-state index contributed by atoms with van der Waals surface area (Å²) in [5.41, 5.74) is -0.184. The number of hydrogen-bond acceptors (Lipinski definition) is 5. The Kier molecular flexibility index (Phi) is 2.63. The molecule has 0 radical (unpaired) electrons. The number of esters is 1. The fourth-order valence-electron chi connectivity index (χ4n) is 1.69. The van der Waals surface area contributed by atoms with Crippen molar-refractivity contribution in [2.24, 2.45) is 0 Å². The Balaban J connectivity index is 2.43. The molecule has 1 amide bonds. The number of aliphatic carboxylic acids is 1. The molecule has 0 bridgehead atoms. The summed E-state index contributed by atoms with van der Waals surface area (Å²) in [4.78, 5) is 34.9. The van der Waals surface area contributed by atoms with Gasteiger partial charge in [-0.3, -0.25) is 9.69 Å². The van der Waals surface area contributed by atoms with Crippen molar-refractivity contribution >= 4 is 29.6 Å². The zero-order chi connectivity index (χ0) is 11.9. The minimum Gasteiger partial charge on any atom is -0.477 e. The molecular weight excluding hydrogens is 234 g/mol. The summed E-state index contributed by atoms with van der Waals surface area (Å²) in [5.74, 6) is -1.96. The fraction of sp³-hybridized carbons (Fsp3) is 0.444. The molecule has 1 N–H and O–H groups in total. The maximum atomic E-state index is 11.4. The summed E-state index contributed by atoms with van der Waals surface area (Å²) < 4.78 is 4.50. The zero-order valence-electron chi connectivity index (χ0n) is 8.43. The Bertz CT molecular complexity index is 416. The second-order valence-corrected chi connectivity index (χ2v) is 4.52. The number of hydrogen-bond donors (Lipinski definition) is 1. The number of ether oxygens (including phenoxy) is 1. The lowest BCUT2D eigenvalue weighted by Crippen LogP contribution is -2.54. The van der Waals surface area contributed by atoms with Crippen LogP contribution in [0.1, 0.15) is 6.42 Å². The molecule has 1 fully saturated rings. The highest BCUT2D eigenvalue weighted by atomic mass is 32.2. The first-order valence-electron chi connectivity index (χ1n) is 4.54. The molecule has 2 aliphatic rings. The lowest BCUT2D eigenvalue weighted by Gasteiger charge is -2.43. The third-order valence-electron chi connectivity index (χ3n) is 2.49. The SMILES string of the molecule is COC(=O)C1=C(C(=O)O)N2C(=O)C[C@H]2SC1. The van der Waals surface area contributed by atoms with Crippen molar-refractivity contribution in [3.05, 3.63) is 11.3 Å². The first-order valence-corrected chi connectivity index (χ1v) is 5.59. The minimum atomic E-state index is -1.27. The van der Waals surface area contributed by atoms with Crippen molar-refractivity contribution in [2.45, 2.75) is 11.8 Å². The highest BCUT2D eigenvalue weighted by molar-refractivity contribution is 8.00. The fourth-order valence-corrected chi connectivity index (χ4v) is 2.94. The number of carboxylic acids is 1. The molecule has 1 saturated heterocycles. The van der Waals surface area contributed by atoms with E-state index >= 15 is 0 Å². The molecular formula is C9H9NO5S. The van der Waals surface area contributed by atoms with Crippen LogP contribution in [-0.4, -0.2) is 46.1 Å². The number of carbonyl (C=O) groups excluding carboxylic acids is 2. The molecule has 2 rings (SSSR count). The van der Waals surface area contributed by atoms with Gasteiger partial charge in [-0.25, -0.2) is 9.59 Å². The van der Waals surface area contributed by atoms with Crippen LogP contribution in [0.3, 0.4) is 0 Å². The number of amides is 1. The Labute approximate surface area is 95.2 Å². The summed E-state index contributed by atoms with van der Waals surface area (Å²) in [7, 11) is 1.18. The Morgan fingerprint density at radius 3 is 2.75 bits per heavy atom. The normalized spacial score (nSPS) is 23.7. The van der Waals surface area contributed by atoms with Crippen LogP contribution >= 0.6 is 11.8 Å². The predicted octanol–water partition coefficient (Wildman–Crippen LogP) is -0.197. The monoisotopic (exact) mass is 243 g/mol. The largest absolute Gasteiger partial charge is 0.477 e. The van der Waals surface area contributed by atoms with Crippen LogP contribution in [0.2, 0.25) is 0 Å². The van der Waals surface area contributed by atoms with Crippen LogP contribution in [0.25, 0.3) is 0 Å². The van der Waals surface area contributed by atoms with E-state index in [1.165, 1.54) is 18.9 Å². The van der Waals surface area contributed by atoms with E-state index in [4.69, 9.17) is 5.11 Å². The van der Waals surface area contributed by atoms with Crippen LogP contribution in [0.4, 0.5) is 0 Å². The molecule has 2 heterocycles. The molecule has 0 aromatic rings. The second-order valence-electron chi connectivity index (χ2n) is 3.36. The molecule has 0 saturated carbocycles. The van der Waals surface area contributed by atoms with E-state index in [0.717, 1.165) is 4.90 Å². The van der Waals surface area contributed by atoms with Crippen LogP contribution in [0.15, 0.2) is 11.3 Å². The van der Waals surface area contributed by atoms with Crippen molar-refractivity contribution in [3.63, 3.8) is 0 Å². The van der Waals surface area contributed by atoms with E-state index in [2.05, 4.69) is 4.74 Å². The van der Waals surface area contributed by atoms with E-state index in [1.807, 2.05) is 0 Å². The third-order valence-corrected chi connectivity index (χ3v) is 3.70. The van der Waals surface area contributed by atoms with Gasteiger partial charge in [0.05, 0.1) is 24.5 Å². The topological polar surface area (TPSA) is 83.9 Å². The molecule has 2 aliphatic heterocycles. The standard InChI is InChI=1S/C9H9NO5S/c1-15-9(14)4-3-16-6-2-5(11)10(6)7(4)8(12)13/h6H,2-3H2,1H3,(H,12,13)/t6-/m1/s1. The second kappa shape index (κ2) is 3.82. The molecule has 86 valence electrons. The van der Waals surface area contributed by atoms with Gasteiger partial charge in [0.1, 0.15) is 5.70 Å². The molecule has 0 unspecified atom stereocenters. The first kappa shape index (κ1) is 11.0. The summed E-state index contributed by atoms with van der Waals surface area (Å²) in [6.07, 6.45) is 0.329. The van der Waals surface area contributed by atoms with Gasteiger partial charge in [0, 0.05) is 5.75 Å². The van der Waals surface area contributed by atoms with Crippen molar-refractivity contribution in [3.8, 4) is 0 Å². The first-order chi connectivity index (χ1) is 7.56. The van der Waals surface area contributed by atoms with Crippen LogP contribution < -0.4 is 0 Å². The third kappa shape index (κ3) is 1.47. The van der Waals surface area contributed by atoms with Crippen LogP contribution in [-0.2, 0) is 19.1 Å². The molecule has 7 heteroatoms. The molecule has 6 nitrogen and oxygen atoms in total. The van der Waals surface area contributed by atoms with E-state index in [9.17, 15) is 14.4 Å². The average Bonchev–Trinajstić information content (AvgIpc) is 2.25. The van der Waals surface area contributed by atoms with Crippen molar-refractivity contribution in [1.82, 2.24) is 4.90 Å². The number of carboxylic acid groups (broad SMARTS) is 1. The lowest BCUT2D eigenvalue weighted by molar-refractivity contribution is -0.147. The zero-order valence-corrected chi connectivity index (χ0v) is 9.24. The number of carbonyl (C=O) groups is 3. The Morgan fingerprint density at radius 1 is 1.56 bits per heavy atom. The highest BCUT2D eigenvalue weighted by Crippen LogP contribution is 2.40. The van der Waals surface area contributed by atoms with Gasteiger partial charge in [-0.2, -0.15) is 0 Å². The molecule has 0 aliphatic carbocycles. The van der Waals surface area contributed by atoms with E-state index in [0.29, 0.717) is 6.42 Å². The van der Waals surface area contributed by atoms with Gasteiger partial charge in [0.25, 0.3) is 0 Å². The quantitative estimate of drug-likeness (QED) is 0.534. The Morgan fingerprint density at radius 2 is 2.25 bits per heavy atom. The van der Waals surface area contributed by atoms with Gasteiger partial charge in [0.2, 0.25) is 5.91 Å². The Hall–Kier alpha value is -1.50. The van der Waals surface area contributed by atoms with E-state index < -0.39 is 11.9 Å². The smallest absolute Gasteiger partial charge is 0.353 e. The maximum Gasteiger partial charge on any atom is 0.353 e. The highest BCUT2D eigenvalue weighted by Gasteiger charge is 2.46. The number of methoxy groups -OCH3 is 1. The van der Waals surface area contributed by atoms with Crippen molar-refractivity contribution in [2.75, 3.05) is 12.9 Å². The summed E-state index contributed by atoms with van der Waals surface area (Å²) in [6, 6.07) is 0. The number of fused-ring (bicyclic) bond motifs is 1. The number of nitrogens with zero attached hydrogens (tertiary/aromatic N) is 1. The average molecular weight is 243 g/mol. The summed E-state index contributed by atoms with van der Waals surface area (Å²) >= 11 is 1.37. The maximum absolute atomic E-state index is 11.4. The molecule has 1 atom stereocenters. The van der Waals surface area contributed by atoms with Crippen molar-refractivity contribution < 1.29 is 24.2 Å². The van der Waals surface area contributed by atoms with Gasteiger partial charge in [0.15, 0.2) is 0 Å². The van der Waals surface area contributed by atoms with Gasteiger partial charge >= 0.3 is 11.9 Å². The van der Waals surface area contributed by atoms with Gasteiger partial charge in [-0.1, -0.05) is 0 Å². The summed E-state index contributed by atoms with van der Waals surface area (Å²) in [6.45, 7) is 0. The van der Waals surface area contributed by atoms with Crippen LogP contribution in [0.5, 0.6) is 0 Å². The number of rotatable bonds is 2. The molecule has 16 heavy (non-hydrogen) atoms. The van der Waals surface area contributed by atoms with E-state index in [1.54, 1.807) is 0 Å². The van der Waals surface area contributed by atoms with Gasteiger partial charge in [-0.05, 0) is 0 Å². The number of β-lactam (4-membered cyclic amide) rings is 1. The van der Waals surface area contributed by atoms with E-state index in [-0.39, 0.29) is 28.3 Å². The van der Waals surface area contributed by atoms with Crippen LogP contribution in [0, 0.1) is 0 Å². The molecule has 0 spiro atoms. The molecule has 0 aromatic carbocycles.